The van der Waals surface area contributed by atoms with Crippen LogP contribution >= 0.6 is 15.9 Å². The summed E-state index contributed by atoms with van der Waals surface area (Å²) in [5.74, 6) is 2.45. The Kier molecular flexibility index (Phi) is 6.85. The minimum atomic E-state index is 0.778. The molecule has 2 aromatic carbocycles. The first kappa shape index (κ1) is 19.8. The second kappa shape index (κ2) is 9.33. The van der Waals surface area contributed by atoms with Gasteiger partial charge in [-0.15, -0.1) is 0 Å². The lowest BCUT2D eigenvalue weighted by Gasteiger charge is -2.36. The van der Waals surface area contributed by atoms with Gasteiger partial charge in [0, 0.05) is 44.5 Å². The lowest BCUT2D eigenvalue weighted by Crippen LogP contribution is -2.47. The highest BCUT2D eigenvalue weighted by Gasteiger charge is 2.18. The minimum absolute atomic E-state index is 0.778. The van der Waals surface area contributed by atoms with Gasteiger partial charge in [-0.1, -0.05) is 6.07 Å². The van der Waals surface area contributed by atoms with Gasteiger partial charge in [0.2, 0.25) is 0 Å². The summed E-state index contributed by atoms with van der Waals surface area (Å²) in [6.07, 6.45) is 1.01. The third-order valence-electron chi connectivity index (χ3n) is 5.04. The largest absolute Gasteiger partial charge is 0.495 e. The summed E-state index contributed by atoms with van der Waals surface area (Å²) >= 11 is 3.52. The van der Waals surface area contributed by atoms with Crippen LogP contribution < -0.4 is 19.1 Å². The maximum Gasteiger partial charge on any atom is 0.160 e. The Morgan fingerprint density at radius 3 is 2.19 bits per heavy atom. The standard InChI is InChI=1S/C21H27BrN2O3/c1-25-19-7-4-16(14-21(19)27-3)8-9-23-10-12-24(13-11-23)17-5-6-18(22)20(15-17)26-2/h4-7,14-15H,8-13H2,1-3H3. The molecular formula is C21H27BrN2O3. The number of methoxy groups -OCH3 is 3. The highest BCUT2D eigenvalue weighted by Crippen LogP contribution is 2.30. The molecule has 0 aliphatic carbocycles. The Bertz CT molecular complexity index is 761. The van der Waals surface area contributed by atoms with Gasteiger partial charge in [-0.3, -0.25) is 4.90 Å². The molecule has 0 bridgehead atoms. The van der Waals surface area contributed by atoms with Crippen molar-refractivity contribution < 1.29 is 14.2 Å². The van der Waals surface area contributed by atoms with Gasteiger partial charge in [-0.25, -0.2) is 0 Å². The van der Waals surface area contributed by atoms with Gasteiger partial charge in [0.25, 0.3) is 0 Å². The smallest absolute Gasteiger partial charge is 0.160 e. The van der Waals surface area contributed by atoms with Crippen LogP contribution in [0.5, 0.6) is 17.2 Å². The number of halogens is 1. The van der Waals surface area contributed by atoms with Crippen molar-refractivity contribution in [3.8, 4) is 17.2 Å². The Labute approximate surface area is 169 Å². The maximum absolute atomic E-state index is 5.42. The number of anilines is 1. The van der Waals surface area contributed by atoms with E-state index in [1.54, 1.807) is 21.3 Å². The molecule has 1 heterocycles. The lowest BCUT2D eigenvalue weighted by molar-refractivity contribution is 0.260. The minimum Gasteiger partial charge on any atom is -0.495 e. The summed E-state index contributed by atoms with van der Waals surface area (Å²) in [7, 11) is 5.05. The predicted molar refractivity (Wildman–Crippen MR) is 113 cm³/mol. The molecule has 0 saturated carbocycles. The quantitative estimate of drug-likeness (QED) is 0.661. The second-order valence-corrected chi connectivity index (χ2v) is 7.44. The Hall–Kier alpha value is -1.92. The van der Waals surface area contributed by atoms with Gasteiger partial charge in [0.15, 0.2) is 11.5 Å². The first-order valence-electron chi connectivity index (χ1n) is 9.16. The molecule has 5 nitrogen and oxygen atoms in total. The third-order valence-corrected chi connectivity index (χ3v) is 5.69. The molecule has 0 N–H and O–H groups in total. The lowest BCUT2D eigenvalue weighted by atomic mass is 10.1. The van der Waals surface area contributed by atoms with E-state index in [-0.39, 0.29) is 0 Å². The summed E-state index contributed by atoms with van der Waals surface area (Å²) in [5, 5.41) is 0. The van der Waals surface area contributed by atoms with Crippen LogP contribution in [0.3, 0.4) is 0 Å². The molecular weight excluding hydrogens is 408 g/mol. The number of nitrogens with zero attached hydrogens (tertiary/aromatic N) is 2. The highest BCUT2D eigenvalue weighted by molar-refractivity contribution is 9.10. The van der Waals surface area contributed by atoms with Crippen LogP contribution in [0.2, 0.25) is 0 Å². The van der Waals surface area contributed by atoms with E-state index in [0.717, 1.165) is 60.9 Å². The van der Waals surface area contributed by atoms with Crippen LogP contribution in [-0.2, 0) is 6.42 Å². The molecule has 1 aliphatic rings. The summed E-state index contributed by atoms with van der Waals surface area (Å²) in [5.41, 5.74) is 2.49. The fourth-order valence-electron chi connectivity index (χ4n) is 3.40. The van der Waals surface area contributed by atoms with E-state index in [0.29, 0.717) is 0 Å². The fourth-order valence-corrected chi connectivity index (χ4v) is 3.81. The number of rotatable bonds is 7. The van der Waals surface area contributed by atoms with Crippen LogP contribution in [0.4, 0.5) is 5.69 Å². The molecule has 6 heteroatoms. The maximum atomic E-state index is 5.42. The molecule has 1 saturated heterocycles. The van der Waals surface area contributed by atoms with Crippen LogP contribution in [0.1, 0.15) is 5.56 Å². The average molecular weight is 435 g/mol. The summed E-state index contributed by atoms with van der Waals surface area (Å²) in [4.78, 5) is 4.94. The van der Waals surface area contributed by atoms with E-state index in [9.17, 15) is 0 Å². The fraction of sp³-hybridized carbons (Fsp3) is 0.429. The third kappa shape index (κ3) is 4.87. The molecule has 27 heavy (non-hydrogen) atoms. The van der Waals surface area contributed by atoms with Gasteiger partial charge in [-0.2, -0.15) is 0 Å². The van der Waals surface area contributed by atoms with Crippen molar-refractivity contribution >= 4 is 21.6 Å². The Balaban J connectivity index is 1.52. The zero-order valence-electron chi connectivity index (χ0n) is 16.2. The van der Waals surface area contributed by atoms with Crippen molar-refractivity contribution in [2.75, 3.05) is 59.0 Å². The summed E-state index contributed by atoms with van der Waals surface area (Å²) < 4.78 is 17.1. The Morgan fingerprint density at radius 2 is 1.52 bits per heavy atom. The van der Waals surface area contributed by atoms with Crippen LogP contribution in [-0.4, -0.2) is 59.0 Å². The van der Waals surface area contributed by atoms with Crippen molar-refractivity contribution in [1.82, 2.24) is 4.90 Å². The predicted octanol–water partition coefficient (Wildman–Crippen LogP) is 3.84. The van der Waals surface area contributed by atoms with Crippen molar-refractivity contribution in [3.05, 3.63) is 46.4 Å². The number of ether oxygens (including phenoxy) is 3. The van der Waals surface area contributed by atoms with Crippen molar-refractivity contribution in [3.63, 3.8) is 0 Å². The molecule has 1 fully saturated rings. The molecule has 0 aromatic heterocycles. The van der Waals surface area contributed by atoms with Crippen molar-refractivity contribution in [2.24, 2.45) is 0 Å². The van der Waals surface area contributed by atoms with E-state index in [1.807, 2.05) is 6.07 Å². The SMILES string of the molecule is COc1cc(N2CCN(CCc3ccc(OC)c(OC)c3)CC2)ccc1Br. The monoisotopic (exact) mass is 434 g/mol. The zero-order valence-corrected chi connectivity index (χ0v) is 17.8. The normalized spacial score (nSPS) is 14.9. The molecule has 0 radical (unpaired) electrons. The molecule has 0 amide bonds. The molecule has 0 atom stereocenters. The number of hydrogen-bond acceptors (Lipinski definition) is 5. The molecule has 2 aromatic rings. The Morgan fingerprint density at radius 1 is 0.815 bits per heavy atom. The van der Waals surface area contributed by atoms with E-state index < -0.39 is 0 Å². The van der Waals surface area contributed by atoms with Gasteiger partial charge < -0.3 is 19.1 Å². The first-order chi connectivity index (χ1) is 13.1. The second-order valence-electron chi connectivity index (χ2n) is 6.59. The van der Waals surface area contributed by atoms with E-state index in [2.05, 4.69) is 56.1 Å². The van der Waals surface area contributed by atoms with E-state index in [1.165, 1.54) is 11.3 Å². The zero-order chi connectivity index (χ0) is 19.2. The topological polar surface area (TPSA) is 34.2 Å². The molecule has 0 spiro atoms. The summed E-state index contributed by atoms with van der Waals surface area (Å²) in [6.45, 7) is 5.22. The van der Waals surface area contributed by atoms with Gasteiger partial charge in [0.1, 0.15) is 5.75 Å². The van der Waals surface area contributed by atoms with Crippen LogP contribution in [0, 0.1) is 0 Å². The molecule has 146 valence electrons. The van der Waals surface area contributed by atoms with Crippen LogP contribution in [0.15, 0.2) is 40.9 Å². The number of piperazine rings is 1. The number of hydrogen-bond donors (Lipinski definition) is 0. The van der Waals surface area contributed by atoms with Gasteiger partial charge in [0.05, 0.1) is 25.8 Å². The van der Waals surface area contributed by atoms with Crippen molar-refractivity contribution in [2.45, 2.75) is 6.42 Å². The van der Waals surface area contributed by atoms with Gasteiger partial charge >= 0.3 is 0 Å². The van der Waals surface area contributed by atoms with E-state index >= 15 is 0 Å². The molecule has 3 rings (SSSR count). The van der Waals surface area contributed by atoms with E-state index in [4.69, 9.17) is 14.2 Å². The first-order valence-corrected chi connectivity index (χ1v) is 9.95. The summed E-state index contributed by atoms with van der Waals surface area (Å²) in [6, 6.07) is 12.5. The average Bonchev–Trinajstić information content (AvgIpc) is 2.72. The number of benzene rings is 2. The van der Waals surface area contributed by atoms with Gasteiger partial charge in [-0.05, 0) is 52.2 Å². The molecule has 0 unspecified atom stereocenters. The van der Waals surface area contributed by atoms with Crippen molar-refractivity contribution in [1.29, 1.82) is 0 Å². The molecule has 1 aliphatic heterocycles. The van der Waals surface area contributed by atoms with Crippen LogP contribution in [0.25, 0.3) is 0 Å². The highest BCUT2D eigenvalue weighted by atomic mass is 79.9.